The molecule has 6 heteroatoms. The van der Waals surface area contributed by atoms with E-state index in [2.05, 4.69) is 10.3 Å². The summed E-state index contributed by atoms with van der Waals surface area (Å²) in [5.74, 6) is -0.183. The lowest BCUT2D eigenvalue weighted by molar-refractivity contribution is -0.0476. The van der Waals surface area contributed by atoms with Gasteiger partial charge >= 0.3 is 0 Å². The van der Waals surface area contributed by atoms with Crippen LogP contribution in [0.5, 0.6) is 5.88 Å². The lowest BCUT2D eigenvalue weighted by Gasteiger charge is -2.28. The number of aromatic nitrogens is 1. The van der Waals surface area contributed by atoms with E-state index >= 15 is 0 Å². The average Bonchev–Trinajstić information content (AvgIpc) is 2.37. The van der Waals surface area contributed by atoms with Gasteiger partial charge in [-0.1, -0.05) is 6.07 Å². The molecule has 3 N–H and O–H groups in total. The van der Waals surface area contributed by atoms with Crippen molar-refractivity contribution in [2.24, 2.45) is 5.73 Å². The van der Waals surface area contributed by atoms with Gasteiger partial charge in [0.25, 0.3) is 5.91 Å². The van der Waals surface area contributed by atoms with Crippen molar-refractivity contribution in [1.82, 2.24) is 10.3 Å². The largest absolute Gasteiger partial charge is 0.475 e. The van der Waals surface area contributed by atoms with Gasteiger partial charge in [-0.15, -0.1) is 0 Å². The summed E-state index contributed by atoms with van der Waals surface area (Å²) < 4.78 is 11.2. The van der Waals surface area contributed by atoms with E-state index in [0.29, 0.717) is 12.5 Å². The van der Waals surface area contributed by atoms with Crippen LogP contribution in [-0.4, -0.2) is 42.8 Å². The van der Waals surface area contributed by atoms with Crippen LogP contribution in [0.1, 0.15) is 17.4 Å². The van der Waals surface area contributed by atoms with Crippen molar-refractivity contribution in [2.45, 2.75) is 19.1 Å². The minimum Gasteiger partial charge on any atom is -0.475 e. The molecule has 0 aliphatic carbocycles. The third kappa shape index (κ3) is 3.41. The summed E-state index contributed by atoms with van der Waals surface area (Å²) in [5, 5.41) is 3.25. The van der Waals surface area contributed by atoms with Crippen LogP contribution in [0, 0.1) is 0 Å². The number of nitrogens with two attached hydrogens (primary N) is 1. The fraction of sp³-hybridized carbons (Fsp3) is 0.500. The van der Waals surface area contributed by atoms with Crippen LogP contribution < -0.4 is 15.8 Å². The highest BCUT2D eigenvalue weighted by Gasteiger charge is 2.19. The molecule has 2 atom stereocenters. The summed E-state index contributed by atoms with van der Waals surface area (Å²) in [6.07, 6.45) is 0.171. The number of hydrogen-bond acceptors (Lipinski definition) is 5. The summed E-state index contributed by atoms with van der Waals surface area (Å²) in [6, 6.07) is 4.92. The van der Waals surface area contributed by atoms with Gasteiger partial charge in [0.15, 0.2) is 0 Å². The first kappa shape index (κ1) is 12.8. The maximum absolute atomic E-state index is 11.0. The highest BCUT2D eigenvalue weighted by Crippen LogP contribution is 2.10. The van der Waals surface area contributed by atoms with Crippen LogP contribution in [0.4, 0.5) is 0 Å². The number of primary amides is 1. The molecule has 2 unspecified atom stereocenters. The Labute approximate surface area is 105 Å². The van der Waals surface area contributed by atoms with Crippen molar-refractivity contribution >= 4 is 5.91 Å². The summed E-state index contributed by atoms with van der Waals surface area (Å²) >= 11 is 0. The highest BCUT2D eigenvalue weighted by atomic mass is 16.5. The SMILES string of the molecule is CC1CNCC(COc2cccc(C(N)=O)n2)O1. The molecule has 0 bridgehead atoms. The van der Waals surface area contributed by atoms with E-state index < -0.39 is 5.91 Å². The predicted molar refractivity (Wildman–Crippen MR) is 65.5 cm³/mol. The van der Waals surface area contributed by atoms with Crippen molar-refractivity contribution in [3.05, 3.63) is 23.9 Å². The summed E-state index contributed by atoms with van der Waals surface area (Å²) in [7, 11) is 0. The van der Waals surface area contributed by atoms with Gasteiger partial charge in [-0.2, -0.15) is 0 Å². The summed E-state index contributed by atoms with van der Waals surface area (Å²) in [6.45, 7) is 4.00. The van der Waals surface area contributed by atoms with Gasteiger partial charge in [0.2, 0.25) is 5.88 Å². The number of amides is 1. The molecule has 0 saturated carbocycles. The third-order valence-electron chi connectivity index (χ3n) is 2.62. The molecule has 6 nitrogen and oxygen atoms in total. The van der Waals surface area contributed by atoms with Crippen LogP contribution >= 0.6 is 0 Å². The fourth-order valence-corrected chi connectivity index (χ4v) is 1.78. The zero-order chi connectivity index (χ0) is 13.0. The van der Waals surface area contributed by atoms with E-state index in [-0.39, 0.29) is 17.9 Å². The van der Waals surface area contributed by atoms with Gasteiger partial charge in [-0.05, 0) is 13.0 Å². The molecule has 1 aliphatic heterocycles. The molecule has 2 rings (SSSR count). The quantitative estimate of drug-likeness (QED) is 0.782. The van der Waals surface area contributed by atoms with Crippen LogP contribution in [0.2, 0.25) is 0 Å². The second-order valence-corrected chi connectivity index (χ2v) is 4.26. The Bertz CT molecular complexity index is 425. The Morgan fingerprint density at radius 3 is 3.17 bits per heavy atom. The van der Waals surface area contributed by atoms with E-state index in [0.717, 1.165) is 13.1 Å². The number of rotatable bonds is 4. The number of hydrogen-bond donors (Lipinski definition) is 2. The number of nitrogens with zero attached hydrogens (tertiary/aromatic N) is 1. The van der Waals surface area contributed by atoms with E-state index in [4.69, 9.17) is 15.2 Å². The molecule has 1 amide bonds. The van der Waals surface area contributed by atoms with E-state index in [9.17, 15) is 4.79 Å². The maximum Gasteiger partial charge on any atom is 0.267 e. The topological polar surface area (TPSA) is 86.5 Å². The van der Waals surface area contributed by atoms with Gasteiger partial charge in [0.05, 0.1) is 6.10 Å². The first-order valence-electron chi connectivity index (χ1n) is 5.91. The van der Waals surface area contributed by atoms with Gasteiger partial charge in [0.1, 0.15) is 18.4 Å². The molecule has 18 heavy (non-hydrogen) atoms. The second kappa shape index (κ2) is 5.79. The molecule has 1 fully saturated rings. The Hall–Kier alpha value is -1.66. The Morgan fingerprint density at radius 2 is 2.44 bits per heavy atom. The Kier molecular flexibility index (Phi) is 4.11. The van der Waals surface area contributed by atoms with Crippen molar-refractivity contribution in [3.63, 3.8) is 0 Å². The first-order chi connectivity index (χ1) is 8.65. The van der Waals surface area contributed by atoms with Crippen LogP contribution in [0.25, 0.3) is 0 Å². The van der Waals surface area contributed by atoms with E-state index in [1.807, 2.05) is 6.92 Å². The number of carbonyl (C=O) groups is 1. The molecule has 0 radical (unpaired) electrons. The molecule has 98 valence electrons. The summed E-state index contributed by atoms with van der Waals surface area (Å²) in [4.78, 5) is 15.0. The van der Waals surface area contributed by atoms with Crippen LogP contribution in [0.3, 0.4) is 0 Å². The molecule has 1 aromatic rings. The van der Waals surface area contributed by atoms with Crippen LogP contribution in [0.15, 0.2) is 18.2 Å². The highest BCUT2D eigenvalue weighted by molar-refractivity contribution is 5.90. The van der Waals surface area contributed by atoms with Gasteiger partial charge < -0.3 is 20.5 Å². The molecule has 1 saturated heterocycles. The molecule has 0 aromatic carbocycles. The number of pyridine rings is 1. The molecule has 1 aromatic heterocycles. The van der Waals surface area contributed by atoms with Gasteiger partial charge in [-0.25, -0.2) is 4.98 Å². The van der Waals surface area contributed by atoms with Gasteiger partial charge in [0, 0.05) is 19.2 Å². The Morgan fingerprint density at radius 1 is 1.61 bits per heavy atom. The zero-order valence-corrected chi connectivity index (χ0v) is 10.3. The normalized spacial score (nSPS) is 23.6. The van der Waals surface area contributed by atoms with Crippen molar-refractivity contribution < 1.29 is 14.3 Å². The molecule has 0 spiro atoms. The smallest absolute Gasteiger partial charge is 0.267 e. The third-order valence-corrected chi connectivity index (χ3v) is 2.62. The molecular weight excluding hydrogens is 234 g/mol. The second-order valence-electron chi connectivity index (χ2n) is 4.26. The maximum atomic E-state index is 11.0. The van der Waals surface area contributed by atoms with Crippen molar-refractivity contribution in [2.75, 3.05) is 19.7 Å². The monoisotopic (exact) mass is 251 g/mol. The Balaban J connectivity index is 1.89. The van der Waals surface area contributed by atoms with E-state index in [1.54, 1.807) is 18.2 Å². The lowest BCUT2D eigenvalue weighted by atomic mass is 10.2. The fourth-order valence-electron chi connectivity index (χ4n) is 1.78. The molecule has 2 heterocycles. The number of morpholine rings is 1. The average molecular weight is 251 g/mol. The van der Waals surface area contributed by atoms with Crippen LogP contribution in [-0.2, 0) is 4.74 Å². The molecular formula is C12H17N3O3. The van der Waals surface area contributed by atoms with E-state index in [1.165, 1.54) is 0 Å². The molecule has 1 aliphatic rings. The standard InChI is InChI=1S/C12H17N3O3/c1-8-5-14-6-9(18-8)7-17-11-4-2-3-10(15-11)12(13)16/h2-4,8-9,14H,5-7H2,1H3,(H2,13,16). The number of nitrogens with one attached hydrogen (secondary N) is 1. The minimum atomic E-state index is -0.565. The minimum absolute atomic E-state index is 0.00668. The number of carbonyl (C=O) groups excluding carboxylic acids is 1. The predicted octanol–water partition coefficient (Wildman–Crippen LogP) is -0.0638. The zero-order valence-electron chi connectivity index (χ0n) is 10.3. The van der Waals surface area contributed by atoms with Crippen molar-refractivity contribution in [1.29, 1.82) is 0 Å². The number of ether oxygens (including phenoxy) is 2. The summed E-state index contributed by atoms with van der Waals surface area (Å²) in [5.41, 5.74) is 5.35. The van der Waals surface area contributed by atoms with Crippen molar-refractivity contribution in [3.8, 4) is 5.88 Å². The van der Waals surface area contributed by atoms with Gasteiger partial charge in [-0.3, -0.25) is 4.79 Å². The lowest BCUT2D eigenvalue weighted by Crippen LogP contribution is -2.45. The first-order valence-corrected chi connectivity index (χ1v) is 5.91.